The summed E-state index contributed by atoms with van der Waals surface area (Å²) in [5.74, 6) is 1.70. The Bertz CT molecular complexity index is 746. The van der Waals surface area contributed by atoms with E-state index < -0.39 is 0 Å². The Morgan fingerprint density at radius 3 is 2.79 bits per heavy atom. The molecule has 0 radical (unpaired) electrons. The van der Waals surface area contributed by atoms with Crippen molar-refractivity contribution in [1.82, 2.24) is 5.32 Å². The van der Waals surface area contributed by atoms with Crippen LogP contribution in [-0.4, -0.2) is 17.8 Å². The van der Waals surface area contributed by atoms with Crippen molar-refractivity contribution in [1.29, 1.82) is 0 Å². The number of para-hydroxylation sites is 1. The van der Waals surface area contributed by atoms with Crippen LogP contribution in [0.3, 0.4) is 0 Å². The summed E-state index contributed by atoms with van der Waals surface area (Å²) in [5, 5.41) is 7.22. The first kappa shape index (κ1) is 16.6. The molecule has 24 heavy (non-hydrogen) atoms. The number of rotatable bonds is 3. The van der Waals surface area contributed by atoms with Crippen LogP contribution in [0.1, 0.15) is 31.9 Å². The molecule has 1 heterocycles. The minimum absolute atomic E-state index is 0.107. The number of fused-ring (bicyclic) bond motifs is 1. The number of thiocarbonyl (C=S) groups is 1. The van der Waals surface area contributed by atoms with Crippen molar-refractivity contribution in [3.63, 3.8) is 0 Å². The van der Waals surface area contributed by atoms with Gasteiger partial charge in [0.15, 0.2) is 5.11 Å². The first-order chi connectivity index (χ1) is 11.5. The highest BCUT2D eigenvalue weighted by atomic mass is 32.1. The van der Waals surface area contributed by atoms with E-state index in [1.54, 1.807) is 7.11 Å². The minimum atomic E-state index is -0.238. The van der Waals surface area contributed by atoms with E-state index in [-0.39, 0.29) is 11.6 Å². The lowest BCUT2D eigenvalue weighted by Crippen LogP contribution is -2.42. The van der Waals surface area contributed by atoms with E-state index in [4.69, 9.17) is 21.7 Å². The van der Waals surface area contributed by atoms with Crippen molar-refractivity contribution in [3.8, 4) is 11.5 Å². The first-order valence-electron chi connectivity index (χ1n) is 7.96. The zero-order valence-electron chi connectivity index (χ0n) is 14.1. The molecule has 0 amide bonds. The molecular weight excluding hydrogens is 320 g/mol. The Balaban J connectivity index is 1.74. The van der Waals surface area contributed by atoms with Crippen molar-refractivity contribution >= 4 is 23.0 Å². The van der Waals surface area contributed by atoms with E-state index in [9.17, 15) is 0 Å². The van der Waals surface area contributed by atoms with Crippen LogP contribution >= 0.6 is 12.2 Å². The third-order valence-electron chi connectivity index (χ3n) is 4.01. The minimum Gasteiger partial charge on any atom is -0.497 e. The molecule has 2 aromatic rings. The average Bonchev–Trinajstić information content (AvgIpc) is 2.54. The van der Waals surface area contributed by atoms with Crippen molar-refractivity contribution in [3.05, 3.63) is 54.1 Å². The lowest BCUT2D eigenvalue weighted by atomic mass is 9.90. The van der Waals surface area contributed by atoms with Gasteiger partial charge in [-0.15, -0.1) is 0 Å². The van der Waals surface area contributed by atoms with Crippen LogP contribution in [0.5, 0.6) is 11.5 Å². The maximum absolute atomic E-state index is 6.06. The van der Waals surface area contributed by atoms with Crippen LogP contribution in [0.25, 0.3) is 0 Å². The molecule has 1 atom stereocenters. The summed E-state index contributed by atoms with van der Waals surface area (Å²) in [6.45, 7) is 4.19. The molecule has 0 unspecified atom stereocenters. The quantitative estimate of drug-likeness (QED) is 0.815. The zero-order valence-corrected chi connectivity index (χ0v) is 14.9. The number of benzene rings is 2. The largest absolute Gasteiger partial charge is 0.497 e. The maximum atomic E-state index is 6.06. The molecule has 0 saturated carbocycles. The SMILES string of the molecule is COc1cccc(NC(=S)N[C@H]2CC(C)(C)Oc3ccccc32)c1. The summed E-state index contributed by atoms with van der Waals surface area (Å²) in [7, 11) is 1.65. The monoisotopic (exact) mass is 342 g/mol. The predicted octanol–water partition coefficient (Wildman–Crippen LogP) is 4.28. The molecule has 1 aliphatic rings. The smallest absolute Gasteiger partial charge is 0.171 e. The van der Waals surface area contributed by atoms with Crippen LogP contribution < -0.4 is 20.1 Å². The Hall–Kier alpha value is -2.27. The van der Waals surface area contributed by atoms with Gasteiger partial charge in [-0.3, -0.25) is 0 Å². The molecule has 5 heteroatoms. The second-order valence-corrected chi connectivity index (χ2v) is 6.89. The van der Waals surface area contributed by atoms with Crippen LogP contribution in [0.4, 0.5) is 5.69 Å². The third kappa shape index (κ3) is 3.79. The number of nitrogens with one attached hydrogen (secondary N) is 2. The maximum Gasteiger partial charge on any atom is 0.171 e. The number of methoxy groups -OCH3 is 1. The Labute approximate surface area is 148 Å². The Kier molecular flexibility index (Phi) is 4.62. The van der Waals surface area contributed by atoms with Gasteiger partial charge in [0.1, 0.15) is 17.1 Å². The highest BCUT2D eigenvalue weighted by molar-refractivity contribution is 7.80. The summed E-state index contributed by atoms with van der Waals surface area (Å²) < 4.78 is 11.3. The Morgan fingerprint density at radius 2 is 2.00 bits per heavy atom. The van der Waals surface area contributed by atoms with E-state index in [1.165, 1.54) is 0 Å². The number of hydrogen-bond acceptors (Lipinski definition) is 3. The summed E-state index contributed by atoms with van der Waals surface area (Å²) in [5.41, 5.74) is 1.79. The zero-order chi connectivity index (χ0) is 17.2. The third-order valence-corrected chi connectivity index (χ3v) is 4.23. The summed E-state index contributed by atoms with van der Waals surface area (Å²) in [4.78, 5) is 0. The Morgan fingerprint density at radius 1 is 1.21 bits per heavy atom. The van der Waals surface area contributed by atoms with Crippen molar-refractivity contribution in [2.24, 2.45) is 0 Å². The molecule has 3 rings (SSSR count). The molecule has 0 spiro atoms. The van der Waals surface area contributed by atoms with Gasteiger partial charge in [-0.1, -0.05) is 24.3 Å². The van der Waals surface area contributed by atoms with Gasteiger partial charge >= 0.3 is 0 Å². The van der Waals surface area contributed by atoms with Crippen molar-refractivity contribution < 1.29 is 9.47 Å². The van der Waals surface area contributed by atoms with E-state index in [0.717, 1.165) is 29.2 Å². The second-order valence-electron chi connectivity index (χ2n) is 6.49. The molecule has 0 aliphatic carbocycles. The number of hydrogen-bond donors (Lipinski definition) is 2. The van der Waals surface area contributed by atoms with Crippen molar-refractivity contribution in [2.75, 3.05) is 12.4 Å². The van der Waals surface area contributed by atoms with Crippen LogP contribution in [0.15, 0.2) is 48.5 Å². The fraction of sp³-hybridized carbons (Fsp3) is 0.316. The molecule has 0 fully saturated rings. The average molecular weight is 342 g/mol. The van der Waals surface area contributed by atoms with Gasteiger partial charge in [-0.05, 0) is 44.3 Å². The summed E-state index contributed by atoms with van der Waals surface area (Å²) in [6.07, 6.45) is 0.837. The molecule has 1 aliphatic heterocycles. The van der Waals surface area contributed by atoms with Gasteiger partial charge in [0.25, 0.3) is 0 Å². The first-order valence-corrected chi connectivity index (χ1v) is 8.37. The van der Waals surface area contributed by atoms with Gasteiger partial charge in [0, 0.05) is 23.7 Å². The fourth-order valence-electron chi connectivity index (χ4n) is 2.96. The van der Waals surface area contributed by atoms with Crippen molar-refractivity contribution in [2.45, 2.75) is 31.9 Å². The van der Waals surface area contributed by atoms with Gasteiger partial charge in [-0.25, -0.2) is 0 Å². The predicted molar refractivity (Wildman–Crippen MR) is 101 cm³/mol. The number of anilines is 1. The molecule has 126 valence electrons. The van der Waals surface area contributed by atoms with E-state index >= 15 is 0 Å². The molecule has 4 nitrogen and oxygen atoms in total. The summed E-state index contributed by atoms with van der Waals surface area (Å²) in [6, 6.07) is 15.9. The van der Waals surface area contributed by atoms with Gasteiger partial charge < -0.3 is 20.1 Å². The standard InChI is InChI=1S/C19H22N2O2S/c1-19(2)12-16(15-9-4-5-10-17(15)23-19)21-18(24)20-13-7-6-8-14(11-13)22-3/h4-11,16H,12H2,1-3H3,(H2,20,21,24)/t16-/m0/s1. The fourth-order valence-corrected chi connectivity index (χ4v) is 3.22. The molecule has 0 saturated heterocycles. The molecule has 2 N–H and O–H groups in total. The van der Waals surface area contributed by atoms with Gasteiger partial charge in [-0.2, -0.15) is 0 Å². The van der Waals surface area contributed by atoms with E-state index in [1.807, 2.05) is 42.5 Å². The molecule has 0 aromatic heterocycles. The lowest BCUT2D eigenvalue weighted by molar-refractivity contribution is 0.0697. The molecular formula is C19H22N2O2S. The van der Waals surface area contributed by atoms with Crippen LogP contribution in [0, 0.1) is 0 Å². The summed E-state index contributed by atoms with van der Waals surface area (Å²) >= 11 is 5.50. The van der Waals surface area contributed by atoms with Gasteiger partial charge in [0.05, 0.1) is 13.2 Å². The second kappa shape index (κ2) is 6.69. The van der Waals surface area contributed by atoms with Crippen LogP contribution in [0.2, 0.25) is 0 Å². The highest BCUT2D eigenvalue weighted by Gasteiger charge is 2.33. The lowest BCUT2D eigenvalue weighted by Gasteiger charge is -2.38. The number of ether oxygens (including phenoxy) is 2. The van der Waals surface area contributed by atoms with Gasteiger partial charge in [0.2, 0.25) is 0 Å². The highest BCUT2D eigenvalue weighted by Crippen LogP contribution is 2.39. The van der Waals surface area contributed by atoms with Crippen LogP contribution in [-0.2, 0) is 0 Å². The molecule has 0 bridgehead atoms. The normalized spacial score (nSPS) is 18.0. The van der Waals surface area contributed by atoms with E-state index in [2.05, 4.69) is 30.5 Å². The molecule has 2 aromatic carbocycles. The van der Waals surface area contributed by atoms with E-state index in [0.29, 0.717) is 5.11 Å². The topological polar surface area (TPSA) is 42.5 Å².